The fraction of sp³-hybridized carbons (Fsp3) is 0.867. The van der Waals surface area contributed by atoms with Crippen LogP contribution in [0, 0.1) is 17.8 Å². The van der Waals surface area contributed by atoms with E-state index in [2.05, 4.69) is 24.1 Å². The van der Waals surface area contributed by atoms with Crippen molar-refractivity contribution in [2.24, 2.45) is 17.8 Å². The normalized spacial score (nSPS) is 24.1. The minimum atomic E-state index is -0.764. The summed E-state index contributed by atoms with van der Waals surface area (Å²) in [6.07, 6.45) is 1.15. The number of rotatable bonds is 6. The molecule has 1 aliphatic rings. The summed E-state index contributed by atoms with van der Waals surface area (Å²) in [7, 11) is 0. The lowest BCUT2D eigenvalue weighted by atomic mass is 9.85. The Morgan fingerprint density at radius 2 is 1.90 bits per heavy atom. The quantitative estimate of drug-likeness (QED) is 0.777. The molecule has 116 valence electrons. The number of hydrogen-bond donors (Lipinski definition) is 2. The number of carboxylic acid groups (broad SMARTS) is 1. The van der Waals surface area contributed by atoms with E-state index in [0.29, 0.717) is 18.4 Å². The Morgan fingerprint density at radius 3 is 2.40 bits per heavy atom. The highest BCUT2D eigenvalue weighted by Crippen LogP contribution is 2.24. The Labute approximate surface area is 121 Å². The molecule has 5 heteroatoms. The van der Waals surface area contributed by atoms with Crippen LogP contribution in [0.15, 0.2) is 0 Å². The van der Waals surface area contributed by atoms with Gasteiger partial charge in [-0.3, -0.25) is 9.59 Å². The number of amides is 1. The molecule has 20 heavy (non-hydrogen) atoms. The van der Waals surface area contributed by atoms with Crippen molar-refractivity contribution in [1.82, 2.24) is 10.2 Å². The molecule has 0 aromatic heterocycles. The van der Waals surface area contributed by atoms with Crippen LogP contribution in [0.2, 0.25) is 0 Å². The average molecular weight is 284 g/mol. The monoisotopic (exact) mass is 284 g/mol. The predicted molar refractivity (Wildman–Crippen MR) is 78.4 cm³/mol. The Bertz CT molecular complexity index is 342. The molecule has 0 saturated carbocycles. The van der Waals surface area contributed by atoms with E-state index < -0.39 is 5.97 Å². The third-order valence-corrected chi connectivity index (χ3v) is 4.01. The van der Waals surface area contributed by atoms with Gasteiger partial charge >= 0.3 is 5.97 Å². The van der Waals surface area contributed by atoms with Crippen LogP contribution in [-0.2, 0) is 9.59 Å². The standard InChI is InChI=1S/C15H28N2O3/c1-10(2)12-7-13(16-15(20)11(3)4)9-17(8-12)6-5-14(18)19/h10-13H,5-9H2,1-4H3,(H,16,20)(H,18,19). The summed E-state index contributed by atoms with van der Waals surface area (Å²) in [6, 6.07) is 0.139. The smallest absolute Gasteiger partial charge is 0.304 e. The molecule has 2 N–H and O–H groups in total. The van der Waals surface area contributed by atoms with E-state index in [1.54, 1.807) is 0 Å². The van der Waals surface area contributed by atoms with Crippen LogP contribution in [0.4, 0.5) is 0 Å². The first kappa shape index (κ1) is 17.0. The minimum Gasteiger partial charge on any atom is -0.481 e. The van der Waals surface area contributed by atoms with E-state index >= 15 is 0 Å². The highest BCUT2D eigenvalue weighted by Gasteiger charge is 2.30. The van der Waals surface area contributed by atoms with Crippen molar-refractivity contribution in [1.29, 1.82) is 0 Å². The van der Waals surface area contributed by atoms with Gasteiger partial charge in [0, 0.05) is 31.6 Å². The molecular formula is C15H28N2O3. The Kier molecular flexibility index (Phi) is 6.46. The maximum absolute atomic E-state index is 11.8. The number of carbonyl (C=O) groups is 2. The van der Waals surface area contributed by atoms with E-state index in [1.807, 2.05) is 13.8 Å². The number of nitrogens with one attached hydrogen (secondary N) is 1. The number of nitrogens with zero attached hydrogens (tertiary/aromatic N) is 1. The number of hydrogen-bond acceptors (Lipinski definition) is 3. The molecule has 0 aromatic carbocycles. The topological polar surface area (TPSA) is 69.6 Å². The SMILES string of the molecule is CC(C)C(=O)NC1CC(C(C)C)CN(CCC(=O)O)C1. The second-order valence-corrected chi connectivity index (χ2v) is 6.50. The number of likely N-dealkylation sites (tertiary alicyclic amines) is 1. The maximum Gasteiger partial charge on any atom is 0.304 e. The molecule has 0 spiro atoms. The molecule has 5 nitrogen and oxygen atoms in total. The van der Waals surface area contributed by atoms with Gasteiger partial charge in [0.25, 0.3) is 0 Å². The molecule has 2 unspecified atom stereocenters. The predicted octanol–water partition coefficient (Wildman–Crippen LogP) is 1.58. The molecule has 1 saturated heterocycles. The first-order valence-corrected chi connectivity index (χ1v) is 7.54. The number of carbonyl (C=O) groups excluding carboxylic acids is 1. The van der Waals surface area contributed by atoms with Crippen molar-refractivity contribution in [3.8, 4) is 0 Å². The van der Waals surface area contributed by atoms with E-state index in [1.165, 1.54) is 0 Å². The molecule has 0 bridgehead atoms. The zero-order valence-electron chi connectivity index (χ0n) is 13.1. The van der Waals surface area contributed by atoms with Gasteiger partial charge in [0.05, 0.1) is 6.42 Å². The molecule has 0 aromatic rings. The molecule has 0 radical (unpaired) electrons. The van der Waals surface area contributed by atoms with Crippen molar-refractivity contribution < 1.29 is 14.7 Å². The van der Waals surface area contributed by atoms with Gasteiger partial charge in [0.1, 0.15) is 0 Å². The lowest BCUT2D eigenvalue weighted by molar-refractivity contribution is -0.137. The minimum absolute atomic E-state index is 0.0121. The molecule has 0 aliphatic carbocycles. The molecular weight excluding hydrogens is 256 g/mol. The van der Waals surface area contributed by atoms with Gasteiger partial charge in [-0.05, 0) is 18.3 Å². The lowest BCUT2D eigenvalue weighted by Crippen LogP contribution is -2.52. The fourth-order valence-electron chi connectivity index (χ4n) is 2.62. The summed E-state index contributed by atoms with van der Waals surface area (Å²) in [5.74, 6) is 0.356. The van der Waals surface area contributed by atoms with Crippen LogP contribution in [0.25, 0.3) is 0 Å². The molecule has 1 heterocycles. The maximum atomic E-state index is 11.8. The van der Waals surface area contributed by atoms with Crippen molar-refractivity contribution in [2.45, 2.75) is 46.6 Å². The molecule has 1 aliphatic heterocycles. The fourth-order valence-corrected chi connectivity index (χ4v) is 2.62. The van der Waals surface area contributed by atoms with E-state index in [4.69, 9.17) is 5.11 Å². The van der Waals surface area contributed by atoms with Crippen LogP contribution >= 0.6 is 0 Å². The average Bonchev–Trinajstić information content (AvgIpc) is 2.35. The summed E-state index contributed by atoms with van der Waals surface area (Å²) in [4.78, 5) is 24.7. The van der Waals surface area contributed by atoms with Crippen LogP contribution in [-0.4, -0.2) is 47.6 Å². The largest absolute Gasteiger partial charge is 0.481 e. The van der Waals surface area contributed by atoms with Gasteiger partial charge in [-0.1, -0.05) is 27.7 Å². The first-order valence-electron chi connectivity index (χ1n) is 7.54. The highest BCUT2D eigenvalue weighted by molar-refractivity contribution is 5.78. The van der Waals surface area contributed by atoms with Crippen LogP contribution in [0.1, 0.15) is 40.5 Å². The van der Waals surface area contributed by atoms with Gasteiger partial charge in [-0.2, -0.15) is 0 Å². The van der Waals surface area contributed by atoms with Gasteiger partial charge in [0.2, 0.25) is 5.91 Å². The van der Waals surface area contributed by atoms with Crippen molar-refractivity contribution in [2.75, 3.05) is 19.6 Å². The summed E-state index contributed by atoms with van der Waals surface area (Å²) in [6.45, 7) is 10.4. The second-order valence-electron chi connectivity index (χ2n) is 6.50. The summed E-state index contributed by atoms with van der Waals surface area (Å²) in [5, 5.41) is 11.9. The first-order chi connectivity index (χ1) is 9.29. The van der Waals surface area contributed by atoms with E-state index in [0.717, 1.165) is 19.5 Å². The molecule has 1 rings (SSSR count). The summed E-state index contributed by atoms with van der Waals surface area (Å²) >= 11 is 0. The zero-order valence-corrected chi connectivity index (χ0v) is 13.1. The van der Waals surface area contributed by atoms with Gasteiger partial charge in [0.15, 0.2) is 0 Å². The lowest BCUT2D eigenvalue weighted by Gasteiger charge is -2.39. The third-order valence-electron chi connectivity index (χ3n) is 4.01. The number of aliphatic carboxylic acids is 1. The molecule has 1 amide bonds. The number of carboxylic acids is 1. The third kappa shape index (κ3) is 5.49. The van der Waals surface area contributed by atoms with E-state index in [9.17, 15) is 9.59 Å². The van der Waals surface area contributed by atoms with Gasteiger partial charge in [-0.15, -0.1) is 0 Å². The highest BCUT2D eigenvalue weighted by atomic mass is 16.4. The van der Waals surface area contributed by atoms with Crippen LogP contribution in [0.3, 0.4) is 0 Å². The number of piperidine rings is 1. The summed E-state index contributed by atoms with van der Waals surface area (Å²) < 4.78 is 0. The second kappa shape index (κ2) is 7.62. The van der Waals surface area contributed by atoms with Crippen molar-refractivity contribution >= 4 is 11.9 Å². The Morgan fingerprint density at radius 1 is 1.25 bits per heavy atom. The van der Waals surface area contributed by atoms with Crippen LogP contribution in [0.5, 0.6) is 0 Å². The van der Waals surface area contributed by atoms with Crippen molar-refractivity contribution in [3.05, 3.63) is 0 Å². The zero-order chi connectivity index (χ0) is 15.3. The molecule has 1 fully saturated rings. The Balaban J connectivity index is 2.60. The Hall–Kier alpha value is -1.10. The van der Waals surface area contributed by atoms with Gasteiger partial charge < -0.3 is 15.3 Å². The van der Waals surface area contributed by atoms with Gasteiger partial charge in [-0.25, -0.2) is 0 Å². The van der Waals surface area contributed by atoms with Crippen molar-refractivity contribution in [3.63, 3.8) is 0 Å². The summed E-state index contributed by atoms with van der Waals surface area (Å²) in [5.41, 5.74) is 0. The van der Waals surface area contributed by atoms with E-state index in [-0.39, 0.29) is 24.3 Å². The van der Waals surface area contributed by atoms with Crippen LogP contribution < -0.4 is 5.32 Å². The molecule has 2 atom stereocenters.